The van der Waals surface area contributed by atoms with Crippen molar-refractivity contribution in [3.63, 3.8) is 0 Å². The van der Waals surface area contributed by atoms with E-state index in [1.54, 1.807) is 6.20 Å². The van der Waals surface area contributed by atoms with Gasteiger partial charge >= 0.3 is 5.97 Å². The summed E-state index contributed by atoms with van der Waals surface area (Å²) in [4.78, 5) is 38.1. The van der Waals surface area contributed by atoms with Crippen molar-refractivity contribution in [1.29, 1.82) is 0 Å². The first-order valence-corrected chi connectivity index (χ1v) is 12.9. The lowest BCUT2D eigenvalue weighted by Gasteiger charge is -2.25. The number of nitrogens with one attached hydrogen (secondary N) is 3. The Balaban J connectivity index is 1.50. The number of anilines is 2. The lowest BCUT2D eigenvalue weighted by atomic mass is 10.1. The molecule has 0 aromatic carbocycles. The first-order chi connectivity index (χ1) is 16.9. The van der Waals surface area contributed by atoms with Crippen LogP contribution >= 0.6 is 15.9 Å². The second-order valence-electron chi connectivity index (χ2n) is 8.67. The third-order valence-electron chi connectivity index (χ3n) is 5.92. The molecule has 1 amide bonds. The van der Waals surface area contributed by atoms with Crippen molar-refractivity contribution >= 4 is 39.4 Å². The highest BCUT2D eigenvalue weighted by atomic mass is 79.9. The zero-order valence-electron chi connectivity index (χ0n) is 20.1. The van der Waals surface area contributed by atoms with Gasteiger partial charge in [-0.1, -0.05) is 6.07 Å². The smallest absolute Gasteiger partial charge is 0.326 e. The van der Waals surface area contributed by atoms with E-state index in [4.69, 9.17) is 4.98 Å². The number of fused-ring (bicyclic) bond motifs is 1. The number of amides is 1. The Morgan fingerprint density at radius 1 is 1.26 bits per heavy atom. The van der Waals surface area contributed by atoms with Crippen LogP contribution in [-0.2, 0) is 22.4 Å². The van der Waals surface area contributed by atoms with E-state index in [0.717, 1.165) is 56.7 Å². The van der Waals surface area contributed by atoms with Crippen molar-refractivity contribution in [2.45, 2.75) is 51.5 Å². The summed E-state index contributed by atoms with van der Waals surface area (Å²) in [6.45, 7) is 5.04. The fraction of sp³-hybridized carbons (Fsp3) is 0.542. The Morgan fingerprint density at radius 3 is 2.89 bits per heavy atom. The van der Waals surface area contributed by atoms with Crippen LogP contribution in [0.1, 0.15) is 43.9 Å². The van der Waals surface area contributed by atoms with Gasteiger partial charge in [-0.3, -0.25) is 4.79 Å². The minimum absolute atomic E-state index is 0.0734. The van der Waals surface area contributed by atoms with Crippen LogP contribution in [0.3, 0.4) is 0 Å². The van der Waals surface area contributed by atoms with E-state index in [1.165, 1.54) is 18.8 Å². The van der Waals surface area contributed by atoms with Crippen molar-refractivity contribution in [2.24, 2.45) is 0 Å². The molecule has 0 saturated heterocycles. The van der Waals surface area contributed by atoms with Gasteiger partial charge < -0.3 is 26.0 Å². The topological polar surface area (TPSA) is 132 Å². The Morgan fingerprint density at radius 2 is 2.11 bits per heavy atom. The highest BCUT2D eigenvalue weighted by Crippen LogP contribution is 2.21. The Hall–Kier alpha value is -2.79. The molecule has 11 heteroatoms. The predicted molar refractivity (Wildman–Crippen MR) is 139 cm³/mol. The van der Waals surface area contributed by atoms with Gasteiger partial charge in [0, 0.05) is 45.0 Å². The number of carbonyl (C=O) groups is 2. The van der Waals surface area contributed by atoms with Crippen LogP contribution in [0.25, 0.3) is 0 Å². The minimum Gasteiger partial charge on any atom is -0.480 e. The van der Waals surface area contributed by atoms with Gasteiger partial charge in [-0.2, -0.15) is 0 Å². The van der Waals surface area contributed by atoms with Crippen LogP contribution in [0.15, 0.2) is 29.1 Å². The lowest BCUT2D eigenvalue weighted by Crippen LogP contribution is -2.39. The van der Waals surface area contributed by atoms with Crippen LogP contribution in [0, 0.1) is 0 Å². The van der Waals surface area contributed by atoms with Crippen LogP contribution in [0.2, 0.25) is 0 Å². The number of unbranched alkanes of at least 4 members (excludes halogenated alkanes) is 1. The molecule has 3 heterocycles. The number of carboxylic acid groups (broad SMARTS) is 1. The molecule has 0 saturated carbocycles. The van der Waals surface area contributed by atoms with E-state index < -0.39 is 12.0 Å². The molecule has 0 bridgehead atoms. The number of hydrogen-bond donors (Lipinski definition) is 4. The molecule has 3 rings (SSSR count). The van der Waals surface area contributed by atoms with Crippen molar-refractivity contribution in [3.8, 4) is 0 Å². The number of carboxylic acids is 1. The summed E-state index contributed by atoms with van der Waals surface area (Å²) in [6.07, 6.45) is 8.40. The number of nitrogens with zero attached hydrogens (tertiary/aromatic N) is 4. The van der Waals surface area contributed by atoms with E-state index in [2.05, 4.69) is 58.9 Å². The zero-order valence-corrected chi connectivity index (χ0v) is 21.7. The maximum absolute atomic E-state index is 11.8. The third kappa shape index (κ3) is 9.06. The number of aryl methyl sites for hydroxylation is 2. The molecule has 1 aliphatic heterocycles. The molecular formula is C24H34BrN7O3. The summed E-state index contributed by atoms with van der Waals surface area (Å²) in [6, 6.07) is 3.50. The molecule has 0 unspecified atom stereocenters. The number of pyridine rings is 1. The molecule has 2 aromatic heterocycles. The van der Waals surface area contributed by atoms with Crippen LogP contribution in [0.4, 0.5) is 11.6 Å². The van der Waals surface area contributed by atoms with Crippen molar-refractivity contribution in [3.05, 3.63) is 40.4 Å². The molecule has 1 atom stereocenters. The molecule has 1 aliphatic rings. The minimum atomic E-state index is -0.940. The summed E-state index contributed by atoms with van der Waals surface area (Å²) in [5.74, 6) is 0.456. The summed E-state index contributed by atoms with van der Waals surface area (Å²) in [5, 5.41) is 18.9. The fourth-order valence-corrected chi connectivity index (χ4v) is 4.36. The molecule has 10 nitrogen and oxygen atoms in total. The molecule has 2 aromatic rings. The monoisotopic (exact) mass is 547 g/mol. The van der Waals surface area contributed by atoms with Gasteiger partial charge in [-0.25, -0.2) is 19.7 Å². The quantitative estimate of drug-likeness (QED) is 0.263. The Bertz CT molecular complexity index is 991. The summed E-state index contributed by atoms with van der Waals surface area (Å²) in [7, 11) is 0. The van der Waals surface area contributed by atoms with Crippen molar-refractivity contribution < 1.29 is 14.7 Å². The fourth-order valence-electron chi connectivity index (χ4n) is 4.03. The van der Waals surface area contributed by atoms with E-state index >= 15 is 0 Å². The summed E-state index contributed by atoms with van der Waals surface area (Å²) in [5.41, 5.74) is 2.38. The second kappa shape index (κ2) is 13.9. The number of halogens is 1. The van der Waals surface area contributed by atoms with Crippen molar-refractivity contribution in [1.82, 2.24) is 25.2 Å². The average molecular weight is 548 g/mol. The SMILES string of the molecule is CC(=O)NCCN(CCCCc1ccc2c(n1)NCCC2)CC[C@H](Nc1ncncc1Br)C(=O)O. The highest BCUT2D eigenvalue weighted by molar-refractivity contribution is 9.10. The number of carbonyl (C=O) groups excluding carboxylic acids is 1. The first kappa shape index (κ1) is 26.8. The number of rotatable bonds is 14. The van der Waals surface area contributed by atoms with E-state index in [0.29, 0.717) is 36.3 Å². The average Bonchev–Trinajstić information content (AvgIpc) is 2.84. The first-order valence-electron chi connectivity index (χ1n) is 12.1. The molecule has 0 aliphatic carbocycles. The maximum atomic E-state index is 11.8. The van der Waals surface area contributed by atoms with Gasteiger partial charge in [0.15, 0.2) is 0 Å². The number of aliphatic carboxylic acids is 1. The molecule has 0 fully saturated rings. The number of hydrogen-bond acceptors (Lipinski definition) is 8. The lowest BCUT2D eigenvalue weighted by molar-refractivity contribution is -0.138. The molecule has 35 heavy (non-hydrogen) atoms. The second-order valence-corrected chi connectivity index (χ2v) is 9.52. The molecule has 4 N–H and O–H groups in total. The Kier molecular flexibility index (Phi) is 10.7. The number of aromatic nitrogens is 3. The largest absolute Gasteiger partial charge is 0.480 e. The van der Waals surface area contributed by atoms with Gasteiger partial charge in [-0.15, -0.1) is 0 Å². The molecule has 0 radical (unpaired) electrons. The highest BCUT2D eigenvalue weighted by Gasteiger charge is 2.20. The van der Waals surface area contributed by atoms with E-state index in [9.17, 15) is 14.7 Å². The Labute approximate surface area is 214 Å². The maximum Gasteiger partial charge on any atom is 0.326 e. The van der Waals surface area contributed by atoms with Gasteiger partial charge in [0.1, 0.15) is 24.0 Å². The summed E-state index contributed by atoms with van der Waals surface area (Å²) < 4.78 is 0.611. The summed E-state index contributed by atoms with van der Waals surface area (Å²) >= 11 is 3.34. The van der Waals surface area contributed by atoms with Crippen LogP contribution in [0.5, 0.6) is 0 Å². The van der Waals surface area contributed by atoms with E-state index in [-0.39, 0.29) is 5.91 Å². The van der Waals surface area contributed by atoms with Crippen LogP contribution < -0.4 is 16.0 Å². The molecule has 190 valence electrons. The molecule has 0 spiro atoms. The third-order valence-corrected chi connectivity index (χ3v) is 6.50. The van der Waals surface area contributed by atoms with Gasteiger partial charge in [0.05, 0.1) is 4.47 Å². The van der Waals surface area contributed by atoms with Crippen molar-refractivity contribution in [2.75, 3.05) is 43.4 Å². The van der Waals surface area contributed by atoms with Gasteiger partial charge in [0.25, 0.3) is 0 Å². The van der Waals surface area contributed by atoms with E-state index in [1.807, 2.05) is 0 Å². The van der Waals surface area contributed by atoms with Gasteiger partial charge in [0.2, 0.25) is 5.91 Å². The normalized spacial score (nSPS) is 13.6. The molecular weight excluding hydrogens is 514 g/mol. The predicted octanol–water partition coefficient (Wildman–Crippen LogP) is 2.71. The van der Waals surface area contributed by atoms with Gasteiger partial charge in [-0.05, 0) is 72.6 Å². The van der Waals surface area contributed by atoms with Crippen LogP contribution in [-0.4, -0.2) is 75.6 Å². The standard InChI is InChI=1S/C24H34BrN7O3/c1-17(33)27-11-14-32(13-9-21(24(34)35)31-23-20(25)15-26-16-29-23)12-3-2-6-19-8-7-18-5-4-10-28-22(18)30-19/h7-8,15-16,21H,2-6,9-14H2,1H3,(H,27,33)(H,28,30)(H,34,35)(H,26,29,31)/t21-/m0/s1. The zero-order chi connectivity index (χ0) is 25.0.